The highest BCUT2D eigenvalue weighted by atomic mass is 16.2. The third-order valence-electron chi connectivity index (χ3n) is 3.12. The quantitative estimate of drug-likeness (QED) is 0.782. The summed E-state index contributed by atoms with van der Waals surface area (Å²) in [5.74, 6) is -0.0746. The second kappa shape index (κ2) is 5.41. The molecule has 18 heavy (non-hydrogen) atoms. The van der Waals surface area contributed by atoms with Crippen LogP contribution < -0.4 is 10.6 Å². The summed E-state index contributed by atoms with van der Waals surface area (Å²) in [6, 6.07) is 9.63. The SMILES string of the molecule is N#CCC(=O)N1CCN(c2ccc(N)cc2)CC1. The molecule has 1 aliphatic rings. The number of nitrogens with zero attached hydrogens (tertiary/aromatic N) is 3. The summed E-state index contributed by atoms with van der Waals surface area (Å²) in [6.45, 7) is 2.93. The number of hydrogen-bond donors (Lipinski definition) is 1. The second-order valence-electron chi connectivity index (χ2n) is 4.29. The van der Waals surface area contributed by atoms with E-state index in [1.165, 1.54) is 0 Å². The van der Waals surface area contributed by atoms with E-state index in [2.05, 4.69) is 4.90 Å². The van der Waals surface area contributed by atoms with E-state index in [0.717, 1.165) is 24.5 Å². The van der Waals surface area contributed by atoms with Crippen molar-refractivity contribution in [2.45, 2.75) is 6.42 Å². The molecule has 1 amide bonds. The van der Waals surface area contributed by atoms with Crippen LogP contribution in [0.3, 0.4) is 0 Å². The van der Waals surface area contributed by atoms with Gasteiger partial charge in [0, 0.05) is 37.6 Å². The van der Waals surface area contributed by atoms with Gasteiger partial charge >= 0.3 is 0 Å². The Morgan fingerprint density at radius 3 is 2.39 bits per heavy atom. The molecular weight excluding hydrogens is 228 g/mol. The number of carbonyl (C=O) groups is 1. The van der Waals surface area contributed by atoms with Crippen molar-refractivity contribution in [2.75, 3.05) is 36.8 Å². The van der Waals surface area contributed by atoms with Crippen molar-refractivity contribution in [1.29, 1.82) is 5.26 Å². The Hall–Kier alpha value is -2.22. The molecule has 2 N–H and O–H groups in total. The van der Waals surface area contributed by atoms with Crippen LogP contribution in [0, 0.1) is 11.3 Å². The fourth-order valence-corrected chi connectivity index (χ4v) is 2.08. The van der Waals surface area contributed by atoms with Crippen LogP contribution in [0.2, 0.25) is 0 Å². The van der Waals surface area contributed by atoms with Gasteiger partial charge in [-0.05, 0) is 24.3 Å². The molecule has 1 aromatic rings. The molecule has 1 aliphatic heterocycles. The first kappa shape index (κ1) is 12.2. The highest BCUT2D eigenvalue weighted by Gasteiger charge is 2.20. The van der Waals surface area contributed by atoms with Gasteiger partial charge in [-0.1, -0.05) is 0 Å². The van der Waals surface area contributed by atoms with Gasteiger partial charge in [0.2, 0.25) is 5.91 Å². The number of piperazine rings is 1. The summed E-state index contributed by atoms with van der Waals surface area (Å²) in [5, 5.41) is 8.50. The zero-order chi connectivity index (χ0) is 13.0. The number of nitrogens with two attached hydrogens (primary N) is 1. The highest BCUT2D eigenvalue weighted by Crippen LogP contribution is 2.18. The maximum atomic E-state index is 11.6. The molecule has 1 saturated heterocycles. The Morgan fingerprint density at radius 1 is 1.22 bits per heavy atom. The molecule has 0 unspecified atom stereocenters. The first-order valence-corrected chi connectivity index (χ1v) is 5.96. The lowest BCUT2D eigenvalue weighted by Crippen LogP contribution is -2.48. The van der Waals surface area contributed by atoms with Crippen molar-refractivity contribution < 1.29 is 4.79 Å². The summed E-state index contributed by atoms with van der Waals surface area (Å²) in [5.41, 5.74) is 7.52. The lowest BCUT2D eigenvalue weighted by Gasteiger charge is -2.35. The minimum atomic E-state index is -0.0746. The summed E-state index contributed by atoms with van der Waals surface area (Å²) >= 11 is 0. The number of benzene rings is 1. The molecule has 0 saturated carbocycles. The number of nitriles is 1. The van der Waals surface area contributed by atoms with Crippen molar-refractivity contribution in [1.82, 2.24) is 4.90 Å². The molecule has 5 nitrogen and oxygen atoms in total. The number of rotatable bonds is 2. The first-order valence-electron chi connectivity index (χ1n) is 5.96. The molecule has 0 bridgehead atoms. The van der Waals surface area contributed by atoms with E-state index in [-0.39, 0.29) is 12.3 Å². The van der Waals surface area contributed by atoms with Gasteiger partial charge in [-0.2, -0.15) is 5.26 Å². The number of anilines is 2. The van der Waals surface area contributed by atoms with Gasteiger partial charge in [-0.25, -0.2) is 0 Å². The van der Waals surface area contributed by atoms with Gasteiger partial charge in [-0.3, -0.25) is 4.79 Å². The smallest absolute Gasteiger partial charge is 0.236 e. The zero-order valence-electron chi connectivity index (χ0n) is 10.2. The van der Waals surface area contributed by atoms with Crippen LogP contribution in [0.1, 0.15) is 6.42 Å². The van der Waals surface area contributed by atoms with E-state index >= 15 is 0 Å². The van der Waals surface area contributed by atoms with Crippen LogP contribution in [0.5, 0.6) is 0 Å². The molecule has 5 heteroatoms. The molecule has 1 aromatic carbocycles. The third-order valence-corrected chi connectivity index (χ3v) is 3.12. The molecule has 1 heterocycles. The topological polar surface area (TPSA) is 73.4 Å². The van der Waals surface area contributed by atoms with Crippen molar-refractivity contribution in [3.63, 3.8) is 0 Å². The molecule has 0 aliphatic carbocycles. The van der Waals surface area contributed by atoms with E-state index in [0.29, 0.717) is 13.1 Å². The Bertz CT molecular complexity index is 455. The molecule has 2 rings (SSSR count). The van der Waals surface area contributed by atoms with E-state index in [4.69, 9.17) is 11.0 Å². The average Bonchev–Trinajstić information content (AvgIpc) is 2.40. The summed E-state index contributed by atoms with van der Waals surface area (Å²) < 4.78 is 0. The number of nitrogen functional groups attached to an aromatic ring is 1. The van der Waals surface area contributed by atoms with E-state index in [1.54, 1.807) is 4.90 Å². The van der Waals surface area contributed by atoms with Crippen LogP contribution in [0.25, 0.3) is 0 Å². The van der Waals surface area contributed by atoms with Gasteiger partial charge in [0.15, 0.2) is 0 Å². The largest absolute Gasteiger partial charge is 0.399 e. The fraction of sp³-hybridized carbons (Fsp3) is 0.385. The minimum absolute atomic E-state index is 0.0259. The molecule has 1 fully saturated rings. The molecule has 0 atom stereocenters. The van der Waals surface area contributed by atoms with Crippen LogP contribution in [0.15, 0.2) is 24.3 Å². The van der Waals surface area contributed by atoms with E-state index in [1.807, 2.05) is 30.3 Å². The maximum absolute atomic E-state index is 11.6. The number of hydrogen-bond acceptors (Lipinski definition) is 4. The van der Waals surface area contributed by atoms with Gasteiger partial charge in [0.1, 0.15) is 6.42 Å². The Morgan fingerprint density at radius 2 is 1.83 bits per heavy atom. The zero-order valence-corrected chi connectivity index (χ0v) is 10.2. The average molecular weight is 244 g/mol. The molecular formula is C13H16N4O. The van der Waals surface area contributed by atoms with Crippen molar-refractivity contribution in [3.05, 3.63) is 24.3 Å². The van der Waals surface area contributed by atoms with Crippen LogP contribution in [0.4, 0.5) is 11.4 Å². The van der Waals surface area contributed by atoms with Gasteiger partial charge in [0.05, 0.1) is 6.07 Å². The number of carbonyl (C=O) groups excluding carboxylic acids is 1. The lowest BCUT2D eigenvalue weighted by molar-refractivity contribution is -0.130. The van der Waals surface area contributed by atoms with E-state index in [9.17, 15) is 4.79 Å². The lowest BCUT2D eigenvalue weighted by atomic mass is 10.2. The van der Waals surface area contributed by atoms with Gasteiger partial charge in [0.25, 0.3) is 0 Å². The second-order valence-corrected chi connectivity index (χ2v) is 4.29. The fourth-order valence-electron chi connectivity index (χ4n) is 2.08. The standard InChI is InChI=1S/C13H16N4O/c14-6-5-13(18)17-9-7-16(8-10-17)12-3-1-11(15)2-4-12/h1-4H,5,7-10,15H2. The summed E-state index contributed by atoms with van der Waals surface area (Å²) in [4.78, 5) is 15.5. The summed E-state index contributed by atoms with van der Waals surface area (Å²) in [6.07, 6.45) is -0.0259. The van der Waals surface area contributed by atoms with Gasteiger partial charge in [-0.15, -0.1) is 0 Å². The first-order chi connectivity index (χ1) is 8.70. The minimum Gasteiger partial charge on any atom is -0.399 e. The van der Waals surface area contributed by atoms with Gasteiger partial charge < -0.3 is 15.5 Å². The van der Waals surface area contributed by atoms with Crippen LogP contribution in [-0.4, -0.2) is 37.0 Å². The Kier molecular flexibility index (Phi) is 3.68. The highest BCUT2D eigenvalue weighted by molar-refractivity contribution is 5.78. The monoisotopic (exact) mass is 244 g/mol. The molecule has 0 radical (unpaired) electrons. The molecule has 0 aromatic heterocycles. The molecule has 94 valence electrons. The van der Waals surface area contributed by atoms with Crippen LogP contribution >= 0.6 is 0 Å². The maximum Gasteiger partial charge on any atom is 0.236 e. The third kappa shape index (κ3) is 2.72. The van der Waals surface area contributed by atoms with E-state index < -0.39 is 0 Å². The summed E-state index contributed by atoms with van der Waals surface area (Å²) in [7, 11) is 0. The number of amides is 1. The molecule has 0 spiro atoms. The normalized spacial score (nSPS) is 15.3. The van der Waals surface area contributed by atoms with Crippen molar-refractivity contribution >= 4 is 17.3 Å². The Balaban J connectivity index is 1.92. The van der Waals surface area contributed by atoms with Crippen LogP contribution in [-0.2, 0) is 4.79 Å². The van der Waals surface area contributed by atoms with Crippen molar-refractivity contribution in [2.24, 2.45) is 0 Å². The predicted octanol–water partition coefficient (Wildman–Crippen LogP) is 0.831. The van der Waals surface area contributed by atoms with Crippen molar-refractivity contribution in [3.8, 4) is 6.07 Å². The Labute approximate surface area is 106 Å². The predicted molar refractivity (Wildman–Crippen MR) is 69.9 cm³/mol.